The van der Waals surface area contributed by atoms with Crippen molar-refractivity contribution in [2.45, 2.75) is 25.0 Å². The maximum atomic E-state index is 5.83. The molecule has 0 aromatic carbocycles. The Morgan fingerprint density at radius 1 is 1.69 bits per heavy atom. The molecule has 1 aromatic heterocycles. The number of nitrogens with zero attached hydrogens (tertiary/aromatic N) is 1. The first-order valence-electron chi connectivity index (χ1n) is 4.58. The van der Waals surface area contributed by atoms with E-state index in [0.717, 1.165) is 25.1 Å². The van der Waals surface area contributed by atoms with Gasteiger partial charge in [0.25, 0.3) is 0 Å². The molecular weight excluding hydrogens is 184 g/mol. The van der Waals surface area contributed by atoms with Gasteiger partial charge in [0, 0.05) is 11.9 Å². The molecule has 3 nitrogen and oxygen atoms in total. The number of hydrogen-bond acceptors (Lipinski definition) is 4. The van der Waals surface area contributed by atoms with Crippen LogP contribution in [0.15, 0.2) is 10.9 Å². The van der Waals surface area contributed by atoms with Gasteiger partial charge >= 0.3 is 0 Å². The summed E-state index contributed by atoms with van der Waals surface area (Å²) in [5.74, 6) is 0. The van der Waals surface area contributed by atoms with Crippen molar-refractivity contribution in [1.82, 2.24) is 10.3 Å². The number of thiazole rings is 1. The van der Waals surface area contributed by atoms with Crippen molar-refractivity contribution >= 4 is 11.3 Å². The van der Waals surface area contributed by atoms with Crippen LogP contribution in [0.25, 0.3) is 0 Å². The SMILES string of the molecule is CNCC1CCC(c2cscn2)O1. The van der Waals surface area contributed by atoms with Gasteiger partial charge < -0.3 is 10.1 Å². The Balaban J connectivity index is 1.91. The highest BCUT2D eigenvalue weighted by molar-refractivity contribution is 7.07. The molecule has 2 unspecified atom stereocenters. The molecule has 72 valence electrons. The van der Waals surface area contributed by atoms with Gasteiger partial charge in [-0.3, -0.25) is 0 Å². The second-order valence-corrected chi connectivity index (χ2v) is 4.01. The van der Waals surface area contributed by atoms with E-state index in [0.29, 0.717) is 6.10 Å². The van der Waals surface area contributed by atoms with E-state index in [9.17, 15) is 0 Å². The van der Waals surface area contributed by atoms with Crippen LogP contribution in [0, 0.1) is 0 Å². The molecule has 1 N–H and O–H groups in total. The topological polar surface area (TPSA) is 34.2 Å². The molecule has 1 aliphatic rings. The summed E-state index contributed by atoms with van der Waals surface area (Å²) in [6.45, 7) is 0.945. The summed E-state index contributed by atoms with van der Waals surface area (Å²) in [7, 11) is 1.96. The van der Waals surface area contributed by atoms with Crippen molar-refractivity contribution in [2.24, 2.45) is 0 Å². The lowest BCUT2D eigenvalue weighted by Crippen LogP contribution is -2.22. The Labute approximate surface area is 82.1 Å². The van der Waals surface area contributed by atoms with Crippen molar-refractivity contribution in [3.63, 3.8) is 0 Å². The number of ether oxygens (including phenoxy) is 1. The molecule has 0 saturated carbocycles. The predicted molar refractivity (Wildman–Crippen MR) is 52.9 cm³/mol. The maximum Gasteiger partial charge on any atom is 0.101 e. The van der Waals surface area contributed by atoms with Crippen molar-refractivity contribution < 1.29 is 4.74 Å². The van der Waals surface area contributed by atoms with Gasteiger partial charge in [-0.05, 0) is 19.9 Å². The van der Waals surface area contributed by atoms with Crippen LogP contribution in [-0.2, 0) is 4.74 Å². The second-order valence-electron chi connectivity index (χ2n) is 3.30. The molecule has 1 aliphatic heterocycles. The van der Waals surface area contributed by atoms with E-state index in [1.165, 1.54) is 0 Å². The monoisotopic (exact) mass is 198 g/mol. The van der Waals surface area contributed by atoms with E-state index in [1.54, 1.807) is 11.3 Å². The highest BCUT2D eigenvalue weighted by atomic mass is 32.1. The molecule has 0 amide bonds. The molecule has 4 heteroatoms. The Morgan fingerprint density at radius 2 is 2.62 bits per heavy atom. The highest BCUT2D eigenvalue weighted by Gasteiger charge is 2.26. The quantitative estimate of drug-likeness (QED) is 0.800. The molecule has 0 aliphatic carbocycles. The third-order valence-corrected chi connectivity index (χ3v) is 2.93. The van der Waals surface area contributed by atoms with Gasteiger partial charge in [-0.2, -0.15) is 0 Å². The fourth-order valence-corrected chi connectivity index (χ4v) is 2.28. The van der Waals surface area contributed by atoms with E-state index in [4.69, 9.17) is 4.74 Å². The molecule has 0 spiro atoms. The summed E-state index contributed by atoms with van der Waals surface area (Å²) in [6.07, 6.45) is 2.86. The minimum Gasteiger partial charge on any atom is -0.367 e. The van der Waals surface area contributed by atoms with E-state index in [2.05, 4.69) is 15.7 Å². The van der Waals surface area contributed by atoms with Gasteiger partial charge in [-0.15, -0.1) is 11.3 Å². The lowest BCUT2D eigenvalue weighted by atomic mass is 10.1. The first kappa shape index (κ1) is 9.12. The van der Waals surface area contributed by atoms with Crippen LogP contribution in [0.2, 0.25) is 0 Å². The Bertz CT molecular complexity index is 250. The smallest absolute Gasteiger partial charge is 0.101 e. The van der Waals surface area contributed by atoms with Crippen LogP contribution < -0.4 is 5.32 Å². The maximum absolute atomic E-state index is 5.83. The number of rotatable bonds is 3. The van der Waals surface area contributed by atoms with Gasteiger partial charge in [-0.25, -0.2) is 4.98 Å². The largest absolute Gasteiger partial charge is 0.367 e. The minimum atomic E-state index is 0.240. The summed E-state index contributed by atoms with van der Waals surface area (Å²) in [5.41, 5.74) is 2.97. The fourth-order valence-electron chi connectivity index (χ4n) is 1.68. The molecule has 13 heavy (non-hydrogen) atoms. The fraction of sp³-hybridized carbons (Fsp3) is 0.667. The summed E-state index contributed by atoms with van der Waals surface area (Å²) in [6, 6.07) is 0. The molecule has 2 rings (SSSR count). The van der Waals surface area contributed by atoms with Crippen molar-refractivity contribution in [3.8, 4) is 0 Å². The zero-order valence-electron chi connectivity index (χ0n) is 7.69. The summed E-state index contributed by atoms with van der Waals surface area (Å²) < 4.78 is 5.83. The van der Waals surface area contributed by atoms with Crippen LogP contribution >= 0.6 is 11.3 Å². The lowest BCUT2D eigenvalue weighted by Gasteiger charge is -2.11. The number of hydrogen-bond donors (Lipinski definition) is 1. The first-order valence-corrected chi connectivity index (χ1v) is 5.52. The van der Waals surface area contributed by atoms with E-state index >= 15 is 0 Å². The van der Waals surface area contributed by atoms with Crippen LogP contribution in [0.3, 0.4) is 0 Å². The van der Waals surface area contributed by atoms with Crippen LogP contribution in [0.1, 0.15) is 24.6 Å². The van der Waals surface area contributed by atoms with Crippen molar-refractivity contribution in [1.29, 1.82) is 0 Å². The highest BCUT2D eigenvalue weighted by Crippen LogP contribution is 2.31. The van der Waals surface area contributed by atoms with Gasteiger partial charge in [-0.1, -0.05) is 0 Å². The van der Waals surface area contributed by atoms with E-state index in [-0.39, 0.29) is 6.10 Å². The molecule has 1 aromatic rings. The number of nitrogens with one attached hydrogen (secondary N) is 1. The van der Waals surface area contributed by atoms with Crippen molar-refractivity contribution in [2.75, 3.05) is 13.6 Å². The van der Waals surface area contributed by atoms with Crippen LogP contribution in [0.4, 0.5) is 0 Å². The van der Waals surface area contributed by atoms with Gasteiger partial charge in [0.1, 0.15) is 6.10 Å². The number of aromatic nitrogens is 1. The minimum absolute atomic E-state index is 0.240. The predicted octanol–water partition coefficient (Wildman–Crippen LogP) is 1.58. The standard InChI is InChI=1S/C9H14N2OS/c1-10-4-7-2-3-9(12-7)8-5-13-6-11-8/h5-7,9-10H,2-4H2,1H3. The third kappa shape index (κ3) is 2.07. The summed E-state index contributed by atoms with van der Waals surface area (Å²) in [5, 5.41) is 5.21. The Hall–Kier alpha value is -0.450. The molecule has 1 fully saturated rings. The Kier molecular flexibility index (Phi) is 2.93. The van der Waals surface area contributed by atoms with Crippen molar-refractivity contribution in [3.05, 3.63) is 16.6 Å². The molecule has 1 saturated heterocycles. The van der Waals surface area contributed by atoms with E-state index in [1.807, 2.05) is 12.6 Å². The van der Waals surface area contributed by atoms with E-state index < -0.39 is 0 Å². The first-order chi connectivity index (χ1) is 6.40. The zero-order valence-corrected chi connectivity index (χ0v) is 8.51. The summed E-state index contributed by atoms with van der Waals surface area (Å²) in [4.78, 5) is 4.27. The Morgan fingerprint density at radius 3 is 3.31 bits per heavy atom. The average molecular weight is 198 g/mol. The second kappa shape index (κ2) is 4.17. The number of likely N-dealkylation sites (N-methyl/N-ethyl adjacent to an activating group) is 1. The normalized spacial score (nSPS) is 28.1. The van der Waals surface area contributed by atoms with Crippen LogP contribution in [-0.4, -0.2) is 24.7 Å². The summed E-state index contributed by atoms with van der Waals surface area (Å²) >= 11 is 1.63. The van der Waals surface area contributed by atoms with Gasteiger partial charge in [0.15, 0.2) is 0 Å². The lowest BCUT2D eigenvalue weighted by molar-refractivity contribution is 0.0440. The molecule has 0 bridgehead atoms. The third-order valence-electron chi connectivity index (χ3n) is 2.32. The molecular formula is C9H14N2OS. The molecule has 2 heterocycles. The average Bonchev–Trinajstić information content (AvgIpc) is 2.70. The van der Waals surface area contributed by atoms with Gasteiger partial charge in [0.2, 0.25) is 0 Å². The van der Waals surface area contributed by atoms with Gasteiger partial charge in [0.05, 0.1) is 17.3 Å². The molecule has 0 radical (unpaired) electrons. The van der Waals surface area contributed by atoms with Crippen LogP contribution in [0.5, 0.6) is 0 Å². The zero-order chi connectivity index (χ0) is 9.10. The molecule has 2 atom stereocenters.